The van der Waals surface area contributed by atoms with Crippen LogP contribution in [0, 0.1) is 5.92 Å². The van der Waals surface area contributed by atoms with Crippen molar-refractivity contribution in [3.8, 4) is 11.1 Å². The maximum Gasteiger partial charge on any atom is 0.401 e. The summed E-state index contributed by atoms with van der Waals surface area (Å²) in [6.45, 7) is 2.52. The highest BCUT2D eigenvalue weighted by Crippen LogP contribution is 2.28. The van der Waals surface area contributed by atoms with E-state index in [2.05, 4.69) is 20.6 Å². The summed E-state index contributed by atoms with van der Waals surface area (Å²) in [4.78, 5) is 19.8. The highest BCUT2D eigenvalue weighted by Gasteiger charge is 2.30. The number of aromatic amines is 1. The highest BCUT2D eigenvalue weighted by atomic mass is 19.4. The van der Waals surface area contributed by atoms with Crippen LogP contribution < -0.4 is 10.6 Å². The maximum absolute atomic E-state index is 12.5. The van der Waals surface area contributed by atoms with Crippen molar-refractivity contribution in [2.45, 2.75) is 32.5 Å². The Morgan fingerprint density at radius 2 is 1.86 bits per heavy atom. The van der Waals surface area contributed by atoms with Crippen LogP contribution in [0.1, 0.15) is 20.3 Å². The van der Waals surface area contributed by atoms with Crippen LogP contribution in [0.3, 0.4) is 0 Å². The first-order chi connectivity index (χ1) is 13.7. The second kappa shape index (κ2) is 8.65. The number of benzene rings is 1. The average Bonchev–Trinajstić information content (AvgIpc) is 3.13. The molecule has 3 N–H and O–H groups in total. The zero-order valence-corrected chi connectivity index (χ0v) is 16.2. The molecular weight excluding hydrogens is 381 g/mol. The van der Waals surface area contributed by atoms with Crippen molar-refractivity contribution in [1.29, 1.82) is 0 Å². The summed E-state index contributed by atoms with van der Waals surface area (Å²) < 4.78 is 37.6. The molecule has 154 valence electrons. The van der Waals surface area contributed by atoms with Gasteiger partial charge in [-0.2, -0.15) is 13.2 Å². The van der Waals surface area contributed by atoms with E-state index in [9.17, 15) is 18.0 Å². The Balaban J connectivity index is 1.72. The van der Waals surface area contributed by atoms with Gasteiger partial charge in [-0.3, -0.25) is 10.1 Å². The van der Waals surface area contributed by atoms with E-state index >= 15 is 0 Å². The van der Waals surface area contributed by atoms with Gasteiger partial charge in [0.15, 0.2) is 0 Å². The summed E-state index contributed by atoms with van der Waals surface area (Å²) in [5, 5.41) is 6.01. The molecule has 0 radical (unpaired) electrons. The minimum Gasteiger partial charge on any atom is -0.346 e. The van der Waals surface area contributed by atoms with Crippen molar-refractivity contribution in [2.24, 2.45) is 5.92 Å². The van der Waals surface area contributed by atoms with Crippen LogP contribution in [0.25, 0.3) is 22.2 Å². The number of nitrogens with one attached hydrogen (secondary N) is 3. The molecule has 1 atom stereocenters. The Hall–Kier alpha value is -2.87. The summed E-state index contributed by atoms with van der Waals surface area (Å²) in [5.74, 6) is -0.406. The van der Waals surface area contributed by atoms with E-state index in [1.54, 1.807) is 18.3 Å². The molecule has 29 heavy (non-hydrogen) atoms. The van der Waals surface area contributed by atoms with Crippen molar-refractivity contribution in [3.63, 3.8) is 0 Å². The lowest BCUT2D eigenvalue weighted by Crippen LogP contribution is -2.45. The summed E-state index contributed by atoms with van der Waals surface area (Å²) in [7, 11) is 0. The van der Waals surface area contributed by atoms with E-state index in [1.807, 2.05) is 44.3 Å². The summed E-state index contributed by atoms with van der Waals surface area (Å²) in [6, 6.07) is 10.1. The molecule has 0 bridgehead atoms. The van der Waals surface area contributed by atoms with E-state index in [4.69, 9.17) is 0 Å². The van der Waals surface area contributed by atoms with Gasteiger partial charge in [0.25, 0.3) is 0 Å². The van der Waals surface area contributed by atoms with Gasteiger partial charge >= 0.3 is 6.18 Å². The molecule has 1 aromatic carbocycles. The molecule has 0 saturated heterocycles. The Kier molecular flexibility index (Phi) is 6.22. The minimum absolute atomic E-state index is 0.0734. The van der Waals surface area contributed by atoms with Gasteiger partial charge in [0.1, 0.15) is 5.65 Å². The van der Waals surface area contributed by atoms with E-state index in [-0.39, 0.29) is 5.92 Å². The first kappa shape index (κ1) is 20.9. The van der Waals surface area contributed by atoms with Gasteiger partial charge in [-0.25, -0.2) is 4.98 Å². The molecule has 5 nitrogen and oxygen atoms in total. The van der Waals surface area contributed by atoms with E-state index in [0.29, 0.717) is 12.1 Å². The number of aromatic nitrogens is 2. The molecule has 3 rings (SSSR count). The standard InChI is InChI=1S/C21H23F3N4O/c1-13(2)11-18(27-12-21(22,23)24)20(29)28-15-5-3-14(4-6-15)16-7-9-25-19-17(16)8-10-26-19/h3-10,13,18,27H,11-12H2,1-2H3,(H,25,26)(H,28,29)/t18-/m1/s1. The van der Waals surface area contributed by atoms with Gasteiger partial charge in [0.05, 0.1) is 12.6 Å². The van der Waals surface area contributed by atoms with Gasteiger partial charge in [-0.1, -0.05) is 26.0 Å². The monoisotopic (exact) mass is 404 g/mol. The Morgan fingerprint density at radius 3 is 2.52 bits per heavy atom. The van der Waals surface area contributed by atoms with Crippen LogP contribution in [0.2, 0.25) is 0 Å². The molecular formula is C21H23F3N4O. The van der Waals surface area contributed by atoms with Gasteiger partial charge in [0.2, 0.25) is 5.91 Å². The molecule has 1 amide bonds. The van der Waals surface area contributed by atoms with Crippen LogP contribution in [0.5, 0.6) is 0 Å². The van der Waals surface area contributed by atoms with Gasteiger partial charge < -0.3 is 10.3 Å². The fourth-order valence-corrected chi connectivity index (χ4v) is 3.17. The van der Waals surface area contributed by atoms with Gasteiger partial charge in [0, 0.05) is 23.5 Å². The number of hydrogen-bond acceptors (Lipinski definition) is 3. The number of amides is 1. The molecule has 8 heteroatoms. The molecule has 2 heterocycles. The summed E-state index contributed by atoms with van der Waals surface area (Å²) in [6.07, 6.45) is -0.529. The Bertz CT molecular complexity index is 964. The average molecular weight is 404 g/mol. The van der Waals surface area contributed by atoms with Crippen molar-refractivity contribution in [3.05, 3.63) is 48.8 Å². The fourth-order valence-electron chi connectivity index (χ4n) is 3.17. The van der Waals surface area contributed by atoms with Crippen molar-refractivity contribution >= 4 is 22.6 Å². The number of anilines is 1. The molecule has 3 aromatic rings. The molecule has 0 aliphatic heterocycles. The molecule has 0 spiro atoms. The number of rotatable bonds is 7. The van der Waals surface area contributed by atoms with Crippen molar-refractivity contribution in [1.82, 2.24) is 15.3 Å². The smallest absolute Gasteiger partial charge is 0.346 e. The normalized spacial score (nSPS) is 13.0. The molecule has 2 aromatic heterocycles. The van der Waals surface area contributed by atoms with E-state index in [0.717, 1.165) is 22.2 Å². The lowest BCUT2D eigenvalue weighted by Gasteiger charge is -2.21. The van der Waals surface area contributed by atoms with E-state index < -0.39 is 24.7 Å². The second-order valence-corrected chi connectivity index (χ2v) is 7.34. The van der Waals surface area contributed by atoms with Crippen molar-refractivity contribution in [2.75, 3.05) is 11.9 Å². The van der Waals surface area contributed by atoms with Gasteiger partial charge in [-0.05, 0) is 47.7 Å². The quantitative estimate of drug-likeness (QED) is 0.533. The second-order valence-electron chi connectivity index (χ2n) is 7.34. The third-order valence-corrected chi connectivity index (χ3v) is 4.50. The van der Waals surface area contributed by atoms with Crippen LogP contribution in [0.4, 0.5) is 18.9 Å². The number of hydrogen-bond donors (Lipinski definition) is 3. The number of halogens is 3. The predicted molar refractivity (Wildman–Crippen MR) is 107 cm³/mol. The van der Waals surface area contributed by atoms with Crippen LogP contribution in [0.15, 0.2) is 48.8 Å². The van der Waals surface area contributed by atoms with Crippen LogP contribution in [-0.2, 0) is 4.79 Å². The number of H-pyrrole nitrogens is 1. The zero-order chi connectivity index (χ0) is 21.0. The topological polar surface area (TPSA) is 69.8 Å². The number of carbonyl (C=O) groups is 1. The maximum atomic E-state index is 12.5. The fraction of sp³-hybridized carbons (Fsp3) is 0.333. The number of pyridine rings is 1. The lowest BCUT2D eigenvalue weighted by molar-refractivity contribution is -0.130. The van der Waals surface area contributed by atoms with Crippen LogP contribution in [-0.4, -0.2) is 34.6 Å². The molecule has 0 saturated carbocycles. The number of fused-ring (bicyclic) bond motifs is 1. The largest absolute Gasteiger partial charge is 0.401 e. The lowest BCUT2D eigenvalue weighted by atomic mass is 10.0. The first-order valence-corrected chi connectivity index (χ1v) is 9.36. The Morgan fingerprint density at radius 1 is 1.14 bits per heavy atom. The molecule has 0 fully saturated rings. The highest BCUT2D eigenvalue weighted by molar-refractivity contribution is 5.96. The third-order valence-electron chi connectivity index (χ3n) is 4.50. The number of carbonyl (C=O) groups excluding carboxylic acids is 1. The SMILES string of the molecule is CC(C)C[C@@H](NCC(F)(F)F)C(=O)Nc1ccc(-c2ccnc3[nH]ccc23)cc1. The molecule has 0 aliphatic carbocycles. The summed E-state index contributed by atoms with van der Waals surface area (Å²) in [5.41, 5.74) is 3.26. The predicted octanol–water partition coefficient (Wildman–Crippen LogP) is 4.74. The third kappa shape index (κ3) is 5.57. The molecule has 0 aliphatic rings. The molecule has 0 unspecified atom stereocenters. The summed E-state index contributed by atoms with van der Waals surface area (Å²) >= 11 is 0. The van der Waals surface area contributed by atoms with Crippen LogP contribution >= 0.6 is 0 Å². The first-order valence-electron chi connectivity index (χ1n) is 9.36. The van der Waals surface area contributed by atoms with Crippen molar-refractivity contribution < 1.29 is 18.0 Å². The van der Waals surface area contributed by atoms with Gasteiger partial charge in [-0.15, -0.1) is 0 Å². The number of alkyl halides is 3. The number of nitrogens with zero attached hydrogens (tertiary/aromatic N) is 1. The van der Waals surface area contributed by atoms with E-state index in [1.165, 1.54) is 0 Å². The Labute approximate surface area is 166 Å². The minimum atomic E-state index is -4.37. The zero-order valence-electron chi connectivity index (χ0n) is 16.2.